The van der Waals surface area contributed by atoms with Crippen molar-refractivity contribution in [2.24, 2.45) is 23.5 Å². The Kier molecular flexibility index (Phi) is 3.71. The molecule has 4 unspecified atom stereocenters. The average Bonchev–Trinajstić information content (AvgIpc) is 3.12. The number of halogens is 1. The third kappa shape index (κ3) is 2.34. The molecule has 3 aliphatic rings. The number of benzene rings is 1. The molecule has 21 heavy (non-hydrogen) atoms. The minimum atomic E-state index is -0.0424. The van der Waals surface area contributed by atoms with Crippen molar-refractivity contribution in [3.8, 4) is 11.5 Å². The smallest absolute Gasteiger partial charge is 0.231 e. The minimum Gasteiger partial charge on any atom is -0.454 e. The lowest BCUT2D eigenvalue weighted by Gasteiger charge is -2.27. The van der Waals surface area contributed by atoms with E-state index in [1.54, 1.807) is 6.07 Å². The van der Waals surface area contributed by atoms with Gasteiger partial charge in [-0.2, -0.15) is 0 Å². The lowest BCUT2D eigenvalue weighted by molar-refractivity contribution is -0.121. The van der Waals surface area contributed by atoms with Crippen LogP contribution >= 0.6 is 12.4 Å². The summed E-state index contributed by atoms with van der Waals surface area (Å²) in [5, 5.41) is 2.97. The zero-order chi connectivity index (χ0) is 13.7. The molecule has 114 valence electrons. The van der Waals surface area contributed by atoms with Crippen LogP contribution in [-0.2, 0) is 4.79 Å². The van der Waals surface area contributed by atoms with Gasteiger partial charge in [-0.05, 0) is 43.2 Å². The van der Waals surface area contributed by atoms with Gasteiger partial charge in [0.05, 0.1) is 5.92 Å². The maximum Gasteiger partial charge on any atom is 0.231 e. The van der Waals surface area contributed by atoms with E-state index in [0.717, 1.165) is 24.3 Å². The SMILES string of the molecule is Cl.NC1C2CCC(C2)C1C(=O)Nc1ccc2c(c1)OCO2. The summed E-state index contributed by atoms with van der Waals surface area (Å²) in [7, 11) is 0. The number of carbonyl (C=O) groups excluding carboxylic acids is 1. The van der Waals surface area contributed by atoms with E-state index in [1.165, 1.54) is 6.42 Å². The fourth-order valence-electron chi connectivity index (χ4n) is 3.92. The summed E-state index contributed by atoms with van der Waals surface area (Å²) in [6.07, 6.45) is 3.43. The third-order valence-electron chi connectivity index (χ3n) is 4.92. The van der Waals surface area contributed by atoms with E-state index in [-0.39, 0.29) is 37.1 Å². The number of rotatable bonds is 2. The van der Waals surface area contributed by atoms with Crippen molar-refractivity contribution in [1.29, 1.82) is 0 Å². The van der Waals surface area contributed by atoms with Crippen molar-refractivity contribution in [2.75, 3.05) is 12.1 Å². The van der Waals surface area contributed by atoms with Crippen LogP contribution in [0, 0.1) is 17.8 Å². The molecular weight excluding hydrogens is 292 g/mol. The number of nitrogens with two attached hydrogens (primary N) is 1. The second-order valence-electron chi connectivity index (χ2n) is 5.99. The van der Waals surface area contributed by atoms with Gasteiger partial charge in [0.1, 0.15) is 0 Å². The van der Waals surface area contributed by atoms with E-state index in [0.29, 0.717) is 17.6 Å². The van der Waals surface area contributed by atoms with Crippen molar-refractivity contribution in [3.05, 3.63) is 18.2 Å². The Morgan fingerprint density at radius 3 is 2.71 bits per heavy atom. The molecule has 0 radical (unpaired) electrons. The molecule has 2 bridgehead atoms. The van der Waals surface area contributed by atoms with Crippen molar-refractivity contribution in [1.82, 2.24) is 0 Å². The second kappa shape index (κ2) is 5.39. The number of hydrogen-bond donors (Lipinski definition) is 2. The molecule has 6 heteroatoms. The molecule has 1 aliphatic heterocycles. The van der Waals surface area contributed by atoms with E-state index in [2.05, 4.69) is 5.32 Å². The molecule has 0 spiro atoms. The van der Waals surface area contributed by atoms with E-state index in [1.807, 2.05) is 12.1 Å². The van der Waals surface area contributed by atoms with E-state index in [9.17, 15) is 4.79 Å². The van der Waals surface area contributed by atoms with Gasteiger partial charge in [-0.1, -0.05) is 0 Å². The van der Waals surface area contributed by atoms with Crippen LogP contribution in [0.1, 0.15) is 19.3 Å². The zero-order valence-corrected chi connectivity index (χ0v) is 12.4. The van der Waals surface area contributed by atoms with E-state index >= 15 is 0 Å². The van der Waals surface area contributed by atoms with Gasteiger partial charge >= 0.3 is 0 Å². The summed E-state index contributed by atoms with van der Waals surface area (Å²) >= 11 is 0. The summed E-state index contributed by atoms with van der Waals surface area (Å²) < 4.78 is 10.6. The molecule has 0 aromatic heterocycles. The van der Waals surface area contributed by atoms with Gasteiger partial charge in [-0.15, -0.1) is 12.4 Å². The predicted octanol–water partition coefficient (Wildman–Crippen LogP) is 2.15. The van der Waals surface area contributed by atoms with Crippen LogP contribution in [0.2, 0.25) is 0 Å². The topological polar surface area (TPSA) is 73.6 Å². The molecule has 0 saturated heterocycles. The summed E-state index contributed by atoms with van der Waals surface area (Å²) in [5.41, 5.74) is 6.95. The van der Waals surface area contributed by atoms with Gasteiger partial charge in [0.25, 0.3) is 0 Å². The first-order chi connectivity index (χ1) is 9.72. The molecule has 1 aromatic carbocycles. The first kappa shape index (κ1) is 14.5. The van der Waals surface area contributed by atoms with Gasteiger partial charge in [0.2, 0.25) is 12.7 Å². The first-order valence-electron chi connectivity index (χ1n) is 7.18. The highest BCUT2D eigenvalue weighted by atomic mass is 35.5. The van der Waals surface area contributed by atoms with E-state index < -0.39 is 0 Å². The lowest BCUT2D eigenvalue weighted by atomic mass is 9.84. The highest BCUT2D eigenvalue weighted by Crippen LogP contribution is 2.48. The Morgan fingerprint density at radius 1 is 1.19 bits per heavy atom. The zero-order valence-electron chi connectivity index (χ0n) is 11.6. The number of hydrogen-bond acceptors (Lipinski definition) is 4. The fraction of sp³-hybridized carbons (Fsp3) is 0.533. The Labute approximate surface area is 129 Å². The van der Waals surface area contributed by atoms with Gasteiger partial charge < -0.3 is 20.5 Å². The van der Waals surface area contributed by atoms with Gasteiger partial charge in [-0.3, -0.25) is 4.79 Å². The van der Waals surface area contributed by atoms with Crippen molar-refractivity contribution < 1.29 is 14.3 Å². The van der Waals surface area contributed by atoms with Crippen LogP contribution in [0.3, 0.4) is 0 Å². The quantitative estimate of drug-likeness (QED) is 0.878. The molecule has 2 fully saturated rings. The summed E-state index contributed by atoms with van der Waals surface area (Å²) in [4.78, 5) is 12.5. The van der Waals surface area contributed by atoms with Crippen LogP contribution in [0.25, 0.3) is 0 Å². The maximum absolute atomic E-state index is 12.5. The molecular formula is C15H19ClN2O3. The Morgan fingerprint density at radius 2 is 1.95 bits per heavy atom. The van der Waals surface area contributed by atoms with Crippen molar-refractivity contribution in [2.45, 2.75) is 25.3 Å². The largest absolute Gasteiger partial charge is 0.454 e. The number of carbonyl (C=O) groups is 1. The molecule has 4 rings (SSSR count). The lowest BCUT2D eigenvalue weighted by Crippen LogP contribution is -2.42. The van der Waals surface area contributed by atoms with Crippen molar-refractivity contribution in [3.63, 3.8) is 0 Å². The van der Waals surface area contributed by atoms with Gasteiger partial charge in [0.15, 0.2) is 11.5 Å². The monoisotopic (exact) mass is 310 g/mol. The number of amides is 1. The average molecular weight is 311 g/mol. The Hall–Kier alpha value is -1.46. The Bertz CT molecular complexity index is 564. The molecule has 3 N–H and O–H groups in total. The molecule has 1 amide bonds. The predicted molar refractivity (Wildman–Crippen MR) is 80.7 cm³/mol. The summed E-state index contributed by atoms with van der Waals surface area (Å²) in [5.74, 6) is 2.40. The Balaban J connectivity index is 0.00000132. The number of nitrogens with one attached hydrogen (secondary N) is 1. The number of anilines is 1. The normalized spacial score (nSPS) is 31.9. The van der Waals surface area contributed by atoms with Crippen LogP contribution in [0.4, 0.5) is 5.69 Å². The van der Waals surface area contributed by atoms with Crippen LogP contribution in [-0.4, -0.2) is 18.7 Å². The summed E-state index contributed by atoms with van der Waals surface area (Å²) in [6, 6.07) is 5.48. The molecule has 1 aromatic rings. The number of ether oxygens (including phenoxy) is 2. The molecule has 2 aliphatic carbocycles. The standard InChI is InChI=1S/C15H18N2O3.ClH/c16-14-9-2-1-8(5-9)13(14)15(18)17-10-3-4-11-12(6-10)20-7-19-11;/h3-4,6,8-9,13-14H,1-2,5,7,16H2,(H,17,18);1H. The minimum absolute atomic E-state index is 0. The van der Waals surface area contributed by atoms with Crippen LogP contribution < -0.4 is 20.5 Å². The van der Waals surface area contributed by atoms with Gasteiger partial charge in [0, 0.05) is 17.8 Å². The number of fused-ring (bicyclic) bond motifs is 3. The molecule has 4 atom stereocenters. The van der Waals surface area contributed by atoms with Crippen LogP contribution in [0.15, 0.2) is 18.2 Å². The van der Waals surface area contributed by atoms with Crippen molar-refractivity contribution >= 4 is 24.0 Å². The van der Waals surface area contributed by atoms with Gasteiger partial charge in [-0.25, -0.2) is 0 Å². The molecule has 2 saturated carbocycles. The fourth-order valence-corrected chi connectivity index (χ4v) is 3.92. The third-order valence-corrected chi connectivity index (χ3v) is 4.92. The highest BCUT2D eigenvalue weighted by molar-refractivity contribution is 5.94. The molecule has 1 heterocycles. The maximum atomic E-state index is 12.5. The highest BCUT2D eigenvalue weighted by Gasteiger charge is 2.49. The van der Waals surface area contributed by atoms with E-state index in [4.69, 9.17) is 15.2 Å². The molecule has 5 nitrogen and oxygen atoms in total. The second-order valence-corrected chi connectivity index (χ2v) is 5.99. The summed E-state index contributed by atoms with van der Waals surface area (Å²) in [6.45, 7) is 0.240. The first-order valence-corrected chi connectivity index (χ1v) is 7.18. The van der Waals surface area contributed by atoms with Crippen LogP contribution in [0.5, 0.6) is 11.5 Å².